The van der Waals surface area contributed by atoms with Crippen LogP contribution in [0.1, 0.15) is 316 Å². The lowest BCUT2D eigenvalue weighted by Gasteiger charge is -2.19. The molecule has 0 saturated heterocycles. The SMILES string of the molecule is CC/C=C\C/C=C\C/C=C\C/C=C\C/C=C\C/C=C\C/C=C\C/C=C\C/C=C\C/C=C\CCCCC(=O)OC(COC(=O)CCCCCCCCCCCCCCCCCCCCCCCCCCCCCCCCCC)COP(=O)(O)OCCN. The summed E-state index contributed by atoms with van der Waals surface area (Å²) in [7, 11) is -4.41. The van der Waals surface area contributed by atoms with E-state index in [1.165, 1.54) is 186 Å². The minimum Gasteiger partial charge on any atom is -0.462 e. The topological polar surface area (TPSA) is 134 Å². The van der Waals surface area contributed by atoms with Crippen LogP contribution in [-0.4, -0.2) is 49.3 Å². The zero-order chi connectivity index (χ0) is 62.3. The standard InChI is InChI=1S/C76H132NO8P/c1-3-5-7-9-11-13-15-17-19-21-23-25-27-29-31-33-35-37-39-41-43-45-47-49-51-53-55-57-59-61-63-65-67-69-76(79)85-74(73-84-86(80,81)83-71-70-77)72-82-75(78)68-66-64-62-60-58-56-54-52-50-48-46-44-42-40-38-36-34-32-30-28-26-24-22-20-18-16-14-12-10-8-6-4-2/h5,7,11,13,17,19,23,25,29,31,35,37,41,43,47,49,53,55,59,61,74H,3-4,6,8-10,12,14-16,18,20-22,24,26-28,30,32-34,36,38-40,42,44-46,48,50-52,54,56-58,60,62-73,77H2,1-2H3,(H,80,81)/b7-5-,13-11-,19-17-,25-23-,31-29-,37-35-,43-41-,49-47-,55-53-,61-59-. The second kappa shape index (κ2) is 70.5. The van der Waals surface area contributed by atoms with Crippen molar-refractivity contribution in [3.8, 4) is 0 Å². The number of rotatable bonds is 66. The number of esters is 2. The molecule has 0 radical (unpaired) electrons. The van der Waals surface area contributed by atoms with E-state index in [1.807, 2.05) is 0 Å². The molecule has 0 aliphatic rings. The van der Waals surface area contributed by atoms with Gasteiger partial charge < -0.3 is 20.1 Å². The van der Waals surface area contributed by atoms with E-state index in [4.69, 9.17) is 24.3 Å². The van der Waals surface area contributed by atoms with Crippen LogP contribution in [0.15, 0.2) is 122 Å². The molecule has 3 N–H and O–H groups in total. The molecule has 0 fully saturated rings. The number of phosphoric acid groups is 1. The van der Waals surface area contributed by atoms with Crippen LogP contribution in [0.25, 0.3) is 0 Å². The molecule has 0 heterocycles. The van der Waals surface area contributed by atoms with Crippen molar-refractivity contribution >= 4 is 19.8 Å². The van der Waals surface area contributed by atoms with Gasteiger partial charge in [-0.15, -0.1) is 0 Å². The number of phosphoric ester groups is 1. The van der Waals surface area contributed by atoms with E-state index in [2.05, 4.69) is 135 Å². The summed E-state index contributed by atoms with van der Waals surface area (Å²) in [6.07, 6.45) is 98.8. The molecule has 0 saturated carbocycles. The molecule has 86 heavy (non-hydrogen) atoms. The fourth-order valence-electron chi connectivity index (χ4n) is 9.90. The summed E-state index contributed by atoms with van der Waals surface area (Å²) >= 11 is 0. The first kappa shape index (κ1) is 82.4. The van der Waals surface area contributed by atoms with Gasteiger partial charge in [0, 0.05) is 19.4 Å². The van der Waals surface area contributed by atoms with E-state index in [1.54, 1.807) is 0 Å². The molecule has 10 heteroatoms. The summed E-state index contributed by atoms with van der Waals surface area (Å²) < 4.78 is 33.1. The Hall–Kier alpha value is -3.59. The highest BCUT2D eigenvalue weighted by Crippen LogP contribution is 2.43. The number of hydrogen-bond acceptors (Lipinski definition) is 8. The lowest BCUT2D eigenvalue weighted by atomic mass is 10.0. The first-order valence-corrected chi connectivity index (χ1v) is 37.0. The number of hydrogen-bond donors (Lipinski definition) is 2. The van der Waals surface area contributed by atoms with Gasteiger partial charge in [0.1, 0.15) is 6.61 Å². The van der Waals surface area contributed by atoms with Gasteiger partial charge in [-0.25, -0.2) is 4.57 Å². The molecule has 0 aromatic carbocycles. The van der Waals surface area contributed by atoms with Crippen molar-refractivity contribution in [1.82, 2.24) is 0 Å². The zero-order valence-electron chi connectivity index (χ0n) is 55.5. The van der Waals surface area contributed by atoms with E-state index in [0.29, 0.717) is 6.42 Å². The van der Waals surface area contributed by atoms with Gasteiger partial charge in [0.2, 0.25) is 0 Å². The molecule has 494 valence electrons. The lowest BCUT2D eigenvalue weighted by Crippen LogP contribution is -2.29. The third-order valence-corrected chi connectivity index (χ3v) is 16.1. The van der Waals surface area contributed by atoms with Crippen LogP contribution in [-0.2, 0) is 32.7 Å². The molecule has 0 aliphatic heterocycles. The summed E-state index contributed by atoms with van der Waals surface area (Å²) in [6, 6.07) is 0. The molecule has 0 spiro atoms. The van der Waals surface area contributed by atoms with Gasteiger partial charge in [-0.1, -0.05) is 334 Å². The lowest BCUT2D eigenvalue weighted by molar-refractivity contribution is -0.161. The summed E-state index contributed by atoms with van der Waals surface area (Å²) in [4.78, 5) is 35.3. The van der Waals surface area contributed by atoms with Gasteiger partial charge in [-0.05, 0) is 89.9 Å². The predicted octanol–water partition coefficient (Wildman–Crippen LogP) is 23.5. The molecule has 0 amide bonds. The summed E-state index contributed by atoms with van der Waals surface area (Å²) in [5, 5.41) is 0. The fraction of sp³-hybridized carbons (Fsp3) is 0.711. The molecule has 0 bridgehead atoms. The van der Waals surface area contributed by atoms with Gasteiger partial charge in [0.05, 0.1) is 13.2 Å². The van der Waals surface area contributed by atoms with Gasteiger partial charge in [-0.3, -0.25) is 18.6 Å². The van der Waals surface area contributed by atoms with Gasteiger partial charge >= 0.3 is 19.8 Å². The molecule has 2 atom stereocenters. The number of carbonyl (C=O) groups excluding carboxylic acids is 2. The second-order valence-electron chi connectivity index (χ2n) is 23.4. The number of carbonyl (C=O) groups is 2. The van der Waals surface area contributed by atoms with Crippen LogP contribution in [0.2, 0.25) is 0 Å². The van der Waals surface area contributed by atoms with Crippen LogP contribution < -0.4 is 5.73 Å². The number of unbranched alkanes of at least 4 members (excludes halogenated alkanes) is 33. The molecular weight excluding hydrogens is 1090 g/mol. The highest BCUT2D eigenvalue weighted by Gasteiger charge is 2.26. The highest BCUT2D eigenvalue weighted by molar-refractivity contribution is 7.47. The molecule has 0 aliphatic carbocycles. The van der Waals surface area contributed by atoms with Crippen LogP contribution >= 0.6 is 7.82 Å². The average molecular weight is 1220 g/mol. The van der Waals surface area contributed by atoms with Crippen LogP contribution in [0, 0.1) is 0 Å². The maximum absolute atomic E-state index is 12.7. The largest absolute Gasteiger partial charge is 0.472 e. The summed E-state index contributed by atoms with van der Waals surface area (Å²) in [5.74, 6) is -0.875. The number of ether oxygens (including phenoxy) is 2. The third kappa shape index (κ3) is 69.5. The number of nitrogens with two attached hydrogens (primary N) is 1. The Bertz CT molecular complexity index is 1830. The third-order valence-electron chi connectivity index (χ3n) is 15.1. The first-order valence-electron chi connectivity index (χ1n) is 35.5. The quantitative estimate of drug-likeness (QED) is 0.0264. The van der Waals surface area contributed by atoms with Crippen molar-refractivity contribution < 1.29 is 37.6 Å². The minimum atomic E-state index is -4.41. The average Bonchev–Trinajstić information content (AvgIpc) is 3.58. The number of allylic oxidation sites excluding steroid dienone is 20. The van der Waals surface area contributed by atoms with E-state index >= 15 is 0 Å². The first-order chi connectivity index (χ1) is 42.3. The maximum atomic E-state index is 12.7. The highest BCUT2D eigenvalue weighted by atomic mass is 31.2. The van der Waals surface area contributed by atoms with Gasteiger partial charge in [-0.2, -0.15) is 0 Å². The van der Waals surface area contributed by atoms with Crippen molar-refractivity contribution in [2.24, 2.45) is 5.73 Å². The normalized spacial score (nSPS) is 13.7. The maximum Gasteiger partial charge on any atom is 0.472 e. The smallest absolute Gasteiger partial charge is 0.462 e. The predicted molar refractivity (Wildman–Crippen MR) is 371 cm³/mol. The van der Waals surface area contributed by atoms with Gasteiger partial charge in [0.15, 0.2) is 6.10 Å². The zero-order valence-corrected chi connectivity index (χ0v) is 56.4. The Balaban J connectivity index is 3.97. The monoisotopic (exact) mass is 1220 g/mol. The van der Waals surface area contributed by atoms with Crippen molar-refractivity contribution in [1.29, 1.82) is 0 Å². The van der Waals surface area contributed by atoms with Crippen molar-refractivity contribution in [2.75, 3.05) is 26.4 Å². The Morgan fingerprint density at radius 1 is 0.360 bits per heavy atom. The van der Waals surface area contributed by atoms with E-state index in [9.17, 15) is 19.0 Å². The van der Waals surface area contributed by atoms with Crippen molar-refractivity contribution in [3.63, 3.8) is 0 Å². The van der Waals surface area contributed by atoms with Crippen molar-refractivity contribution in [2.45, 2.75) is 322 Å². The van der Waals surface area contributed by atoms with E-state index < -0.39 is 32.5 Å². The van der Waals surface area contributed by atoms with Crippen LogP contribution in [0.3, 0.4) is 0 Å². The van der Waals surface area contributed by atoms with E-state index in [-0.39, 0.29) is 32.6 Å². The molecule has 0 aromatic rings. The Kier molecular flexibility index (Phi) is 67.6. The van der Waals surface area contributed by atoms with Crippen LogP contribution in [0.5, 0.6) is 0 Å². The molecule has 0 aromatic heterocycles. The van der Waals surface area contributed by atoms with E-state index in [0.717, 1.165) is 96.3 Å². The molecule has 9 nitrogen and oxygen atoms in total. The molecule has 0 rings (SSSR count). The second-order valence-corrected chi connectivity index (χ2v) is 24.8. The summed E-state index contributed by atoms with van der Waals surface area (Å²) in [6.45, 7) is 3.61. The van der Waals surface area contributed by atoms with Crippen molar-refractivity contribution in [3.05, 3.63) is 122 Å². The Morgan fingerprint density at radius 3 is 0.953 bits per heavy atom. The molecular formula is C76H132NO8P. The van der Waals surface area contributed by atoms with Gasteiger partial charge in [0.25, 0.3) is 0 Å². The summed E-state index contributed by atoms with van der Waals surface area (Å²) in [5.41, 5.74) is 5.40. The fourth-order valence-corrected chi connectivity index (χ4v) is 10.7. The Morgan fingerprint density at radius 2 is 0.640 bits per heavy atom. The minimum absolute atomic E-state index is 0.0411. The Labute approximate surface area is 530 Å². The molecule has 2 unspecified atom stereocenters. The van der Waals surface area contributed by atoms with Crippen LogP contribution in [0.4, 0.5) is 0 Å².